The first-order valence-electron chi connectivity index (χ1n) is 8.24. The van der Waals surface area contributed by atoms with E-state index in [1.165, 1.54) is 17.6 Å². The Labute approximate surface area is 160 Å². The molecule has 3 N–H and O–H groups in total. The molecule has 8 heteroatoms. The van der Waals surface area contributed by atoms with Crippen LogP contribution in [0.5, 0.6) is 0 Å². The standard InChI is InChI=1S/C19H18N6OS/c20-23-16(12-21-11-14-7-3-1-4-8-14)18(26)22-13-17-24-25-19(27-17)15-9-5-2-6-10-15/h1-10,12H,11,13,20H2,(H,22,26)/b21-12?,23-16+. The van der Waals surface area contributed by atoms with Crippen LogP contribution in [0.25, 0.3) is 10.6 Å². The summed E-state index contributed by atoms with van der Waals surface area (Å²) in [5, 5.41) is 16.0. The Bertz CT molecular complexity index is 937. The number of hydrogen-bond acceptors (Lipinski definition) is 7. The second kappa shape index (κ2) is 9.35. The first-order chi connectivity index (χ1) is 13.3. The molecule has 3 rings (SSSR count). The molecule has 1 amide bonds. The van der Waals surface area contributed by atoms with Crippen molar-refractivity contribution >= 4 is 29.2 Å². The summed E-state index contributed by atoms with van der Waals surface area (Å²) >= 11 is 1.42. The number of hydrazone groups is 1. The summed E-state index contributed by atoms with van der Waals surface area (Å²) in [4.78, 5) is 16.4. The Morgan fingerprint density at radius 3 is 2.48 bits per heavy atom. The zero-order valence-corrected chi connectivity index (χ0v) is 15.3. The van der Waals surface area contributed by atoms with Gasteiger partial charge in [-0.2, -0.15) is 5.10 Å². The molecule has 27 heavy (non-hydrogen) atoms. The molecule has 1 heterocycles. The third-order valence-electron chi connectivity index (χ3n) is 3.59. The number of carbonyl (C=O) groups is 1. The largest absolute Gasteiger partial charge is 0.344 e. The van der Waals surface area contributed by atoms with Crippen molar-refractivity contribution in [3.05, 3.63) is 71.2 Å². The summed E-state index contributed by atoms with van der Waals surface area (Å²) in [6, 6.07) is 19.5. The van der Waals surface area contributed by atoms with Crippen molar-refractivity contribution in [3.63, 3.8) is 0 Å². The van der Waals surface area contributed by atoms with Gasteiger partial charge in [-0.15, -0.1) is 10.2 Å². The van der Waals surface area contributed by atoms with Gasteiger partial charge in [0.1, 0.15) is 10.0 Å². The van der Waals surface area contributed by atoms with Crippen molar-refractivity contribution in [3.8, 4) is 10.6 Å². The Morgan fingerprint density at radius 1 is 1.07 bits per heavy atom. The predicted molar refractivity (Wildman–Crippen MR) is 107 cm³/mol. The normalized spacial score (nSPS) is 11.6. The van der Waals surface area contributed by atoms with E-state index < -0.39 is 5.91 Å². The van der Waals surface area contributed by atoms with Crippen LogP contribution in [0.1, 0.15) is 10.6 Å². The van der Waals surface area contributed by atoms with Gasteiger partial charge < -0.3 is 11.2 Å². The number of aromatic nitrogens is 2. The highest BCUT2D eigenvalue weighted by Gasteiger charge is 2.11. The van der Waals surface area contributed by atoms with Gasteiger partial charge in [0.15, 0.2) is 5.71 Å². The fourth-order valence-corrected chi connectivity index (χ4v) is 3.03. The van der Waals surface area contributed by atoms with Gasteiger partial charge in [-0.05, 0) is 5.56 Å². The highest BCUT2D eigenvalue weighted by atomic mass is 32.1. The van der Waals surface area contributed by atoms with Crippen LogP contribution in [0.3, 0.4) is 0 Å². The van der Waals surface area contributed by atoms with E-state index in [4.69, 9.17) is 5.84 Å². The van der Waals surface area contributed by atoms with Gasteiger partial charge in [-0.25, -0.2) is 0 Å². The van der Waals surface area contributed by atoms with E-state index in [-0.39, 0.29) is 12.3 Å². The highest BCUT2D eigenvalue weighted by molar-refractivity contribution is 7.14. The summed E-state index contributed by atoms with van der Waals surface area (Å²) in [6.45, 7) is 0.693. The van der Waals surface area contributed by atoms with E-state index in [0.29, 0.717) is 11.6 Å². The molecule has 136 valence electrons. The van der Waals surface area contributed by atoms with E-state index >= 15 is 0 Å². The lowest BCUT2D eigenvalue weighted by molar-refractivity contribution is -0.114. The third kappa shape index (κ3) is 5.29. The molecule has 0 aliphatic heterocycles. The van der Waals surface area contributed by atoms with Crippen molar-refractivity contribution in [1.82, 2.24) is 15.5 Å². The predicted octanol–water partition coefficient (Wildman–Crippen LogP) is 2.41. The fourth-order valence-electron chi connectivity index (χ4n) is 2.24. The molecule has 7 nitrogen and oxygen atoms in total. The minimum absolute atomic E-state index is 0.0544. The maximum atomic E-state index is 12.2. The lowest BCUT2D eigenvalue weighted by Crippen LogP contribution is -2.32. The van der Waals surface area contributed by atoms with Crippen molar-refractivity contribution in [2.75, 3.05) is 0 Å². The van der Waals surface area contributed by atoms with Gasteiger partial charge in [0.05, 0.1) is 19.3 Å². The monoisotopic (exact) mass is 378 g/mol. The van der Waals surface area contributed by atoms with Gasteiger partial charge in [-0.3, -0.25) is 9.79 Å². The molecule has 0 spiro atoms. The summed E-state index contributed by atoms with van der Waals surface area (Å²) in [5.41, 5.74) is 2.08. The summed E-state index contributed by atoms with van der Waals surface area (Å²) in [5.74, 6) is 4.90. The molecule has 0 saturated carbocycles. The molecule has 2 aromatic carbocycles. The van der Waals surface area contributed by atoms with Crippen LogP contribution in [0, 0.1) is 0 Å². The van der Waals surface area contributed by atoms with Crippen LogP contribution >= 0.6 is 11.3 Å². The van der Waals surface area contributed by atoms with Crippen LogP contribution in [0.15, 0.2) is 70.8 Å². The van der Waals surface area contributed by atoms with E-state index in [9.17, 15) is 4.79 Å². The second-order valence-corrected chi connectivity index (χ2v) is 6.58. The van der Waals surface area contributed by atoms with Crippen LogP contribution in [0.4, 0.5) is 0 Å². The van der Waals surface area contributed by atoms with E-state index in [1.54, 1.807) is 0 Å². The van der Waals surface area contributed by atoms with Crippen LogP contribution in [-0.2, 0) is 17.9 Å². The summed E-state index contributed by atoms with van der Waals surface area (Å²) in [6.07, 6.45) is 1.37. The minimum Gasteiger partial charge on any atom is -0.344 e. The molecule has 0 aliphatic rings. The lowest BCUT2D eigenvalue weighted by Gasteiger charge is -2.01. The van der Waals surface area contributed by atoms with Gasteiger partial charge in [0.2, 0.25) is 0 Å². The average molecular weight is 378 g/mol. The summed E-state index contributed by atoms with van der Waals surface area (Å²) < 4.78 is 0. The molecule has 0 fully saturated rings. The topological polar surface area (TPSA) is 106 Å². The molecule has 1 aromatic heterocycles. The molecule has 0 aliphatic carbocycles. The number of nitrogens with zero attached hydrogens (tertiary/aromatic N) is 4. The first-order valence-corrected chi connectivity index (χ1v) is 9.05. The Balaban J connectivity index is 1.54. The molecule has 3 aromatic rings. The van der Waals surface area contributed by atoms with E-state index in [2.05, 4.69) is 25.6 Å². The molecule has 0 saturated heterocycles. The van der Waals surface area contributed by atoms with Gasteiger partial charge in [0.25, 0.3) is 5.91 Å². The van der Waals surface area contributed by atoms with Crippen LogP contribution in [0.2, 0.25) is 0 Å². The van der Waals surface area contributed by atoms with E-state index in [1.807, 2.05) is 60.7 Å². The third-order valence-corrected chi connectivity index (χ3v) is 4.56. The molecule has 0 atom stereocenters. The van der Waals surface area contributed by atoms with Crippen molar-refractivity contribution in [2.45, 2.75) is 13.1 Å². The highest BCUT2D eigenvalue weighted by Crippen LogP contribution is 2.22. The van der Waals surface area contributed by atoms with Gasteiger partial charge in [-0.1, -0.05) is 72.0 Å². The second-order valence-electron chi connectivity index (χ2n) is 5.52. The number of carbonyl (C=O) groups excluding carboxylic acids is 1. The number of nitrogens with one attached hydrogen (secondary N) is 1. The SMILES string of the molecule is N/N=C(\C=NCc1ccccc1)C(=O)NCc1nnc(-c2ccccc2)s1. The van der Waals surface area contributed by atoms with Gasteiger partial charge >= 0.3 is 0 Å². The Kier molecular flexibility index (Phi) is 6.37. The molecular weight excluding hydrogens is 360 g/mol. The maximum Gasteiger partial charge on any atom is 0.273 e. The Morgan fingerprint density at radius 2 is 1.78 bits per heavy atom. The minimum atomic E-state index is -0.411. The van der Waals surface area contributed by atoms with Gasteiger partial charge in [0, 0.05) is 5.56 Å². The average Bonchev–Trinajstić information content (AvgIpc) is 3.20. The smallest absolute Gasteiger partial charge is 0.273 e. The Hall–Kier alpha value is -3.39. The zero-order valence-electron chi connectivity index (χ0n) is 14.4. The van der Waals surface area contributed by atoms with Crippen molar-refractivity contribution < 1.29 is 4.79 Å². The number of aliphatic imine (C=N–C) groups is 1. The van der Waals surface area contributed by atoms with Crippen molar-refractivity contribution in [2.24, 2.45) is 15.9 Å². The number of rotatable bonds is 7. The lowest BCUT2D eigenvalue weighted by atomic mass is 10.2. The maximum absolute atomic E-state index is 12.2. The fraction of sp³-hybridized carbons (Fsp3) is 0.105. The van der Waals surface area contributed by atoms with Crippen LogP contribution < -0.4 is 11.2 Å². The van der Waals surface area contributed by atoms with Crippen molar-refractivity contribution in [1.29, 1.82) is 0 Å². The summed E-state index contributed by atoms with van der Waals surface area (Å²) in [7, 11) is 0. The zero-order chi connectivity index (χ0) is 18.9. The molecular formula is C19H18N6OS. The van der Waals surface area contributed by atoms with E-state index in [0.717, 1.165) is 16.1 Å². The molecule has 0 unspecified atom stereocenters. The first kappa shape index (κ1) is 18.4. The molecule has 0 bridgehead atoms. The van der Waals surface area contributed by atoms with Crippen LogP contribution in [-0.4, -0.2) is 28.0 Å². The number of hydrogen-bond donors (Lipinski definition) is 2. The number of benzene rings is 2. The molecule has 0 radical (unpaired) electrons. The number of amides is 1. The quantitative estimate of drug-likeness (QED) is 0.374. The number of nitrogens with two attached hydrogens (primary N) is 1.